The SMILES string of the molecule is COc1cccc(-c2c(-c3ccccc3)n[nH]c2C(F)(F)F)c1. The summed E-state index contributed by atoms with van der Waals surface area (Å²) in [7, 11) is 1.47. The Morgan fingerprint density at radius 2 is 1.65 bits per heavy atom. The van der Waals surface area contributed by atoms with E-state index in [1.165, 1.54) is 7.11 Å². The lowest BCUT2D eigenvalue weighted by molar-refractivity contribution is -0.140. The van der Waals surface area contributed by atoms with Crippen molar-refractivity contribution in [1.82, 2.24) is 10.2 Å². The zero-order chi connectivity index (χ0) is 16.4. The first-order valence-electron chi connectivity index (χ1n) is 6.86. The number of nitrogens with zero attached hydrogens (tertiary/aromatic N) is 1. The number of rotatable bonds is 3. The van der Waals surface area contributed by atoms with Crippen molar-refractivity contribution in [3.63, 3.8) is 0 Å². The number of nitrogens with one attached hydrogen (secondary N) is 1. The molecule has 0 atom stereocenters. The van der Waals surface area contributed by atoms with E-state index in [1.54, 1.807) is 54.6 Å². The van der Waals surface area contributed by atoms with E-state index in [-0.39, 0.29) is 11.3 Å². The zero-order valence-electron chi connectivity index (χ0n) is 12.2. The number of H-pyrrole nitrogens is 1. The maximum Gasteiger partial charge on any atom is 0.433 e. The summed E-state index contributed by atoms with van der Waals surface area (Å²) in [6.45, 7) is 0. The Kier molecular flexibility index (Phi) is 3.82. The van der Waals surface area contributed by atoms with Crippen molar-refractivity contribution in [2.24, 2.45) is 0 Å². The molecule has 3 rings (SSSR count). The minimum absolute atomic E-state index is 0.0163. The smallest absolute Gasteiger partial charge is 0.433 e. The monoisotopic (exact) mass is 318 g/mol. The van der Waals surface area contributed by atoms with Gasteiger partial charge in [0.15, 0.2) is 0 Å². The Labute approximate surface area is 130 Å². The topological polar surface area (TPSA) is 37.9 Å². The van der Waals surface area contributed by atoms with Crippen LogP contribution in [0, 0.1) is 0 Å². The fourth-order valence-electron chi connectivity index (χ4n) is 2.41. The molecule has 3 aromatic rings. The third-order valence-electron chi connectivity index (χ3n) is 3.46. The van der Waals surface area contributed by atoms with E-state index >= 15 is 0 Å². The molecule has 23 heavy (non-hydrogen) atoms. The molecule has 0 aliphatic heterocycles. The van der Waals surface area contributed by atoms with Crippen LogP contribution in [0.25, 0.3) is 22.4 Å². The molecule has 0 bridgehead atoms. The molecule has 0 spiro atoms. The van der Waals surface area contributed by atoms with Gasteiger partial charge in [-0.25, -0.2) is 0 Å². The molecule has 6 heteroatoms. The maximum atomic E-state index is 13.3. The molecular formula is C17H13F3N2O. The first kappa shape index (κ1) is 15.1. The maximum absolute atomic E-state index is 13.3. The van der Waals surface area contributed by atoms with Crippen LogP contribution in [0.15, 0.2) is 54.6 Å². The molecule has 0 radical (unpaired) electrons. The average molecular weight is 318 g/mol. The number of aromatic nitrogens is 2. The van der Waals surface area contributed by atoms with Crippen LogP contribution in [0.2, 0.25) is 0 Å². The lowest BCUT2D eigenvalue weighted by atomic mass is 9.98. The summed E-state index contributed by atoms with van der Waals surface area (Å²) in [6.07, 6.45) is -4.53. The highest BCUT2D eigenvalue weighted by molar-refractivity contribution is 5.83. The van der Waals surface area contributed by atoms with Crippen molar-refractivity contribution in [3.8, 4) is 28.1 Å². The normalized spacial score (nSPS) is 11.5. The summed E-state index contributed by atoms with van der Waals surface area (Å²) in [5, 5.41) is 6.03. The van der Waals surface area contributed by atoms with Gasteiger partial charge in [0.25, 0.3) is 0 Å². The molecule has 0 aliphatic rings. The molecule has 0 fully saturated rings. The van der Waals surface area contributed by atoms with E-state index in [0.29, 0.717) is 16.9 Å². The van der Waals surface area contributed by atoms with E-state index in [4.69, 9.17) is 4.74 Å². The third kappa shape index (κ3) is 2.92. The minimum Gasteiger partial charge on any atom is -0.497 e. The first-order valence-corrected chi connectivity index (χ1v) is 6.86. The van der Waals surface area contributed by atoms with Gasteiger partial charge in [-0.05, 0) is 17.7 Å². The van der Waals surface area contributed by atoms with Crippen LogP contribution >= 0.6 is 0 Å². The van der Waals surface area contributed by atoms with Gasteiger partial charge in [-0.15, -0.1) is 0 Å². The number of aromatic amines is 1. The first-order chi connectivity index (χ1) is 11.0. The van der Waals surface area contributed by atoms with Gasteiger partial charge in [0.1, 0.15) is 17.1 Å². The summed E-state index contributed by atoms with van der Waals surface area (Å²) in [4.78, 5) is 0. The molecule has 0 unspecified atom stereocenters. The van der Waals surface area contributed by atoms with Crippen LogP contribution in [0.4, 0.5) is 13.2 Å². The third-order valence-corrected chi connectivity index (χ3v) is 3.46. The Morgan fingerprint density at radius 3 is 2.30 bits per heavy atom. The number of ether oxygens (including phenoxy) is 1. The predicted molar refractivity (Wildman–Crippen MR) is 81.0 cm³/mol. The molecule has 0 saturated heterocycles. The summed E-state index contributed by atoms with van der Waals surface area (Å²) in [5.74, 6) is 0.482. The highest BCUT2D eigenvalue weighted by Crippen LogP contribution is 2.41. The van der Waals surface area contributed by atoms with E-state index in [2.05, 4.69) is 10.2 Å². The van der Waals surface area contributed by atoms with Crippen molar-refractivity contribution in [2.75, 3.05) is 7.11 Å². The van der Waals surface area contributed by atoms with Gasteiger partial charge in [-0.3, -0.25) is 5.10 Å². The molecule has 2 aromatic carbocycles. The van der Waals surface area contributed by atoms with E-state index in [0.717, 1.165) is 0 Å². The number of methoxy groups -OCH3 is 1. The van der Waals surface area contributed by atoms with Gasteiger partial charge in [0.2, 0.25) is 0 Å². The van der Waals surface area contributed by atoms with E-state index in [9.17, 15) is 13.2 Å². The fourth-order valence-corrected chi connectivity index (χ4v) is 2.41. The Hall–Kier alpha value is -2.76. The molecular weight excluding hydrogens is 305 g/mol. The quantitative estimate of drug-likeness (QED) is 0.755. The highest BCUT2D eigenvalue weighted by Gasteiger charge is 2.38. The van der Waals surface area contributed by atoms with Crippen LogP contribution in [0.1, 0.15) is 5.69 Å². The number of hydrogen-bond acceptors (Lipinski definition) is 2. The number of halogens is 3. The van der Waals surface area contributed by atoms with Crippen molar-refractivity contribution >= 4 is 0 Å². The van der Waals surface area contributed by atoms with E-state index < -0.39 is 11.9 Å². The second-order valence-corrected chi connectivity index (χ2v) is 4.92. The van der Waals surface area contributed by atoms with Gasteiger partial charge in [-0.2, -0.15) is 18.3 Å². The van der Waals surface area contributed by atoms with Gasteiger partial charge >= 0.3 is 6.18 Å². The Bertz CT molecular complexity index is 810. The van der Waals surface area contributed by atoms with Gasteiger partial charge in [-0.1, -0.05) is 42.5 Å². The van der Waals surface area contributed by atoms with Crippen LogP contribution in [0.5, 0.6) is 5.75 Å². The molecule has 0 saturated carbocycles. The zero-order valence-corrected chi connectivity index (χ0v) is 12.2. The summed E-state index contributed by atoms with van der Waals surface area (Å²) in [6, 6.07) is 15.3. The number of benzene rings is 2. The minimum atomic E-state index is -4.53. The second kappa shape index (κ2) is 5.79. The van der Waals surface area contributed by atoms with E-state index in [1.807, 2.05) is 0 Å². The number of alkyl halides is 3. The van der Waals surface area contributed by atoms with Gasteiger partial charge in [0.05, 0.1) is 7.11 Å². The lowest BCUT2D eigenvalue weighted by Gasteiger charge is -2.10. The summed E-state index contributed by atoms with van der Waals surface area (Å²) < 4.78 is 45.1. The van der Waals surface area contributed by atoms with Crippen molar-refractivity contribution in [2.45, 2.75) is 6.18 Å². The molecule has 0 amide bonds. The van der Waals surface area contributed by atoms with Crippen LogP contribution in [-0.4, -0.2) is 17.3 Å². The highest BCUT2D eigenvalue weighted by atomic mass is 19.4. The van der Waals surface area contributed by atoms with Crippen LogP contribution in [-0.2, 0) is 6.18 Å². The lowest BCUT2D eigenvalue weighted by Crippen LogP contribution is -2.07. The molecule has 1 aromatic heterocycles. The Morgan fingerprint density at radius 1 is 0.957 bits per heavy atom. The van der Waals surface area contributed by atoms with Crippen molar-refractivity contribution in [1.29, 1.82) is 0 Å². The molecule has 3 nitrogen and oxygen atoms in total. The van der Waals surface area contributed by atoms with Gasteiger partial charge < -0.3 is 4.74 Å². The summed E-state index contributed by atoms with van der Waals surface area (Å²) >= 11 is 0. The second-order valence-electron chi connectivity index (χ2n) is 4.92. The Balaban J connectivity index is 2.25. The molecule has 0 aliphatic carbocycles. The van der Waals surface area contributed by atoms with Crippen LogP contribution < -0.4 is 4.74 Å². The molecule has 1 heterocycles. The van der Waals surface area contributed by atoms with Crippen molar-refractivity contribution < 1.29 is 17.9 Å². The molecule has 118 valence electrons. The number of hydrogen-bond donors (Lipinski definition) is 1. The fraction of sp³-hybridized carbons (Fsp3) is 0.118. The predicted octanol–water partition coefficient (Wildman–Crippen LogP) is 4.77. The van der Waals surface area contributed by atoms with Crippen LogP contribution in [0.3, 0.4) is 0 Å². The van der Waals surface area contributed by atoms with Crippen molar-refractivity contribution in [3.05, 3.63) is 60.3 Å². The molecule has 1 N–H and O–H groups in total. The largest absolute Gasteiger partial charge is 0.497 e. The average Bonchev–Trinajstić information content (AvgIpc) is 3.01. The standard InChI is InChI=1S/C17H13F3N2O/c1-23-13-9-5-8-12(10-13)14-15(11-6-3-2-4-7-11)21-22-16(14)17(18,19)20/h2-10H,1H3,(H,21,22). The summed E-state index contributed by atoms with van der Waals surface area (Å²) in [5.41, 5.74) is 0.403. The van der Waals surface area contributed by atoms with Gasteiger partial charge in [0, 0.05) is 11.1 Å².